The maximum absolute atomic E-state index is 11.7. The third kappa shape index (κ3) is 4.61. The zero-order chi connectivity index (χ0) is 13.1. The van der Waals surface area contributed by atoms with Crippen molar-refractivity contribution in [2.45, 2.75) is 25.9 Å². The summed E-state index contributed by atoms with van der Waals surface area (Å²) in [5.41, 5.74) is 0. The van der Waals surface area contributed by atoms with Gasteiger partial charge >= 0.3 is 0 Å². The Balaban J connectivity index is 2.39. The average molecular weight is 264 g/mol. The van der Waals surface area contributed by atoms with Crippen LogP contribution in [0.25, 0.3) is 0 Å². The van der Waals surface area contributed by atoms with Crippen molar-refractivity contribution in [2.24, 2.45) is 5.92 Å². The van der Waals surface area contributed by atoms with E-state index in [0.717, 1.165) is 0 Å². The van der Waals surface area contributed by atoms with Crippen LogP contribution in [0.15, 0.2) is 0 Å². The Labute approximate surface area is 102 Å². The third-order valence-electron chi connectivity index (χ3n) is 2.87. The molecule has 1 heterocycles. The van der Waals surface area contributed by atoms with E-state index in [4.69, 9.17) is 5.11 Å². The van der Waals surface area contributed by atoms with Gasteiger partial charge in [0.25, 0.3) is 0 Å². The third-order valence-corrected chi connectivity index (χ3v) is 4.17. The average Bonchev–Trinajstić information content (AvgIpc) is 2.25. The van der Waals surface area contributed by atoms with Crippen molar-refractivity contribution in [3.63, 3.8) is 0 Å². The summed E-state index contributed by atoms with van der Waals surface area (Å²) in [6, 6.07) is 0. The van der Waals surface area contributed by atoms with Crippen LogP contribution in [0.3, 0.4) is 0 Å². The van der Waals surface area contributed by atoms with Gasteiger partial charge in [0, 0.05) is 25.6 Å². The molecular formula is C10H20N2O4S. The van der Waals surface area contributed by atoms with E-state index in [0.29, 0.717) is 25.9 Å². The van der Waals surface area contributed by atoms with E-state index in [1.165, 1.54) is 10.6 Å². The summed E-state index contributed by atoms with van der Waals surface area (Å²) in [4.78, 5) is 11.7. The molecule has 0 spiro atoms. The number of nitrogens with zero attached hydrogens (tertiary/aromatic N) is 1. The summed E-state index contributed by atoms with van der Waals surface area (Å²) in [5.74, 6) is -0.245. The molecule has 2 N–H and O–H groups in total. The molecule has 0 aromatic carbocycles. The monoisotopic (exact) mass is 264 g/mol. The number of rotatable bonds is 4. The van der Waals surface area contributed by atoms with E-state index in [-0.39, 0.29) is 18.4 Å². The molecular weight excluding hydrogens is 244 g/mol. The van der Waals surface area contributed by atoms with Crippen LogP contribution < -0.4 is 5.32 Å². The van der Waals surface area contributed by atoms with Gasteiger partial charge in [-0.15, -0.1) is 0 Å². The smallest absolute Gasteiger partial charge is 0.223 e. The van der Waals surface area contributed by atoms with Crippen LogP contribution in [-0.4, -0.2) is 55.7 Å². The highest BCUT2D eigenvalue weighted by atomic mass is 32.2. The standard InChI is InChI=1S/C10H20N2O4S/c1-8(13)7-11-10(14)9-3-5-12(6-4-9)17(2,15)16/h8-9,13H,3-7H2,1-2H3,(H,11,14). The number of nitrogens with one attached hydrogen (secondary N) is 1. The minimum atomic E-state index is -3.14. The van der Waals surface area contributed by atoms with E-state index in [1.807, 2.05) is 0 Å². The zero-order valence-electron chi connectivity index (χ0n) is 10.2. The fourth-order valence-electron chi connectivity index (χ4n) is 1.84. The lowest BCUT2D eigenvalue weighted by atomic mass is 9.97. The lowest BCUT2D eigenvalue weighted by Gasteiger charge is -2.29. The summed E-state index contributed by atoms with van der Waals surface area (Å²) in [6.07, 6.45) is 1.70. The topological polar surface area (TPSA) is 86.7 Å². The van der Waals surface area contributed by atoms with E-state index in [9.17, 15) is 13.2 Å². The van der Waals surface area contributed by atoms with Crippen molar-refractivity contribution >= 4 is 15.9 Å². The van der Waals surface area contributed by atoms with Gasteiger partial charge in [0.1, 0.15) is 0 Å². The summed E-state index contributed by atoms with van der Waals surface area (Å²) < 4.78 is 23.9. The fourth-order valence-corrected chi connectivity index (χ4v) is 2.72. The molecule has 1 saturated heterocycles. The Morgan fingerprint density at radius 3 is 2.41 bits per heavy atom. The Kier molecular flexibility index (Phi) is 4.91. The van der Waals surface area contributed by atoms with Gasteiger partial charge in [-0.3, -0.25) is 4.79 Å². The van der Waals surface area contributed by atoms with E-state index in [2.05, 4.69) is 5.32 Å². The van der Waals surface area contributed by atoms with Crippen LogP contribution in [-0.2, 0) is 14.8 Å². The molecule has 17 heavy (non-hydrogen) atoms. The molecule has 0 aromatic heterocycles. The molecule has 1 amide bonds. The lowest BCUT2D eigenvalue weighted by Crippen LogP contribution is -2.43. The van der Waals surface area contributed by atoms with Gasteiger partial charge in [-0.2, -0.15) is 0 Å². The summed E-state index contributed by atoms with van der Waals surface area (Å²) >= 11 is 0. The van der Waals surface area contributed by atoms with Crippen LogP contribution in [0.1, 0.15) is 19.8 Å². The van der Waals surface area contributed by atoms with Crippen molar-refractivity contribution in [1.29, 1.82) is 0 Å². The molecule has 1 aliphatic rings. The van der Waals surface area contributed by atoms with Crippen LogP contribution in [0.4, 0.5) is 0 Å². The number of aliphatic hydroxyl groups is 1. The first-order valence-electron chi connectivity index (χ1n) is 5.71. The highest BCUT2D eigenvalue weighted by Gasteiger charge is 2.28. The second-order valence-electron chi connectivity index (χ2n) is 4.53. The van der Waals surface area contributed by atoms with Crippen LogP contribution in [0.5, 0.6) is 0 Å². The quantitative estimate of drug-likeness (QED) is 0.693. The summed E-state index contributed by atoms with van der Waals surface area (Å²) in [6.45, 7) is 2.63. The Morgan fingerprint density at radius 2 is 2.00 bits per heavy atom. The van der Waals surface area contributed by atoms with Crippen LogP contribution in [0, 0.1) is 5.92 Å². The largest absolute Gasteiger partial charge is 0.392 e. The van der Waals surface area contributed by atoms with E-state index in [1.54, 1.807) is 6.92 Å². The van der Waals surface area contributed by atoms with Gasteiger partial charge < -0.3 is 10.4 Å². The maximum atomic E-state index is 11.7. The predicted molar refractivity (Wildman–Crippen MR) is 63.8 cm³/mol. The first-order chi connectivity index (χ1) is 7.80. The van der Waals surface area contributed by atoms with Gasteiger partial charge in [-0.25, -0.2) is 12.7 Å². The number of sulfonamides is 1. The van der Waals surface area contributed by atoms with Crippen LogP contribution >= 0.6 is 0 Å². The molecule has 100 valence electrons. The number of carbonyl (C=O) groups is 1. The van der Waals surface area contributed by atoms with Crippen molar-refractivity contribution in [3.8, 4) is 0 Å². The maximum Gasteiger partial charge on any atom is 0.223 e. The molecule has 1 unspecified atom stereocenters. The predicted octanol–water partition coefficient (Wildman–Crippen LogP) is -0.845. The number of hydrogen-bond donors (Lipinski definition) is 2. The van der Waals surface area contributed by atoms with Crippen molar-refractivity contribution in [2.75, 3.05) is 25.9 Å². The normalized spacial score (nSPS) is 21.1. The molecule has 0 saturated carbocycles. The molecule has 6 nitrogen and oxygen atoms in total. The first-order valence-corrected chi connectivity index (χ1v) is 7.56. The fraction of sp³-hybridized carbons (Fsp3) is 0.900. The van der Waals surface area contributed by atoms with Crippen molar-refractivity contribution < 1.29 is 18.3 Å². The zero-order valence-corrected chi connectivity index (χ0v) is 11.0. The Hall–Kier alpha value is -0.660. The molecule has 0 radical (unpaired) electrons. The van der Waals surface area contributed by atoms with Crippen LogP contribution in [0.2, 0.25) is 0 Å². The van der Waals surface area contributed by atoms with Crippen molar-refractivity contribution in [3.05, 3.63) is 0 Å². The lowest BCUT2D eigenvalue weighted by molar-refractivity contribution is -0.126. The van der Waals surface area contributed by atoms with E-state index >= 15 is 0 Å². The second-order valence-corrected chi connectivity index (χ2v) is 6.51. The van der Waals surface area contributed by atoms with Gasteiger partial charge in [0.2, 0.25) is 15.9 Å². The Bertz CT molecular complexity index is 359. The van der Waals surface area contributed by atoms with Gasteiger partial charge in [-0.05, 0) is 19.8 Å². The number of carbonyl (C=O) groups excluding carboxylic acids is 1. The Morgan fingerprint density at radius 1 is 1.47 bits per heavy atom. The second kappa shape index (κ2) is 5.79. The van der Waals surface area contributed by atoms with Gasteiger partial charge in [0.15, 0.2) is 0 Å². The van der Waals surface area contributed by atoms with Gasteiger partial charge in [-0.1, -0.05) is 0 Å². The number of amides is 1. The molecule has 1 aliphatic heterocycles. The summed E-state index contributed by atoms with van der Waals surface area (Å²) in [5, 5.41) is 11.7. The molecule has 7 heteroatoms. The highest BCUT2D eigenvalue weighted by Crippen LogP contribution is 2.19. The molecule has 0 aliphatic carbocycles. The van der Waals surface area contributed by atoms with E-state index < -0.39 is 16.1 Å². The summed E-state index contributed by atoms with van der Waals surface area (Å²) in [7, 11) is -3.14. The highest BCUT2D eigenvalue weighted by molar-refractivity contribution is 7.88. The molecule has 1 atom stereocenters. The number of piperidine rings is 1. The molecule has 0 bridgehead atoms. The van der Waals surface area contributed by atoms with Crippen molar-refractivity contribution in [1.82, 2.24) is 9.62 Å². The minimum absolute atomic E-state index is 0.0981. The SMILES string of the molecule is CC(O)CNC(=O)C1CCN(S(C)(=O)=O)CC1. The van der Waals surface area contributed by atoms with Gasteiger partial charge in [0.05, 0.1) is 12.4 Å². The first kappa shape index (κ1) is 14.4. The molecule has 1 rings (SSSR count). The number of aliphatic hydroxyl groups excluding tert-OH is 1. The number of hydrogen-bond acceptors (Lipinski definition) is 4. The molecule has 1 fully saturated rings. The molecule has 0 aromatic rings. The minimum Gasteiger partial charge on any atom is -0.392 e.